The average Bonchev–Trinajstić information content (AvgIpc) is 3.22. The Morgan fingerprint density at radius 3 is 1.84 bits per heavy atom. The van der Waals surface area contributed by atoms with Crippen molar-refractivity contribution in [3.05, 3.63) is 101 Å². The van der Waals surface area contributed by atoms with Crippen molar-refractivity contribution in [2.75, 3.05) is 7.11 Å². The van der Waals surface area contributed by atoms with E-state index < -0.39 is 11.9 Å². The van der Waals surface area contributed by atoms with Gasteiger partial charge in [0.2, 0.25) is 0 Å². The molecule has 0 aromatic heterocycles. The minimum absolute atomic E-state index is 0.000622. The summed E-state index contributed by atoms with van der Waals surface area (Å²) in [5, 5.41) is 0. The molecule has 3 aromatic carbocycles. The third-order valence-corrected chi connectivity index (χ3v) is 6.52. The van der Waals surface area contributed by atoms with E-state index in [0.29, 0.717) is 22.8 Å². The summed E-state index contributed by atoms with van der Waals surface area (Å²) < 4.78 is 10.2. The molecule has 4 heteroatoms. The van der Waals surface area contributed by atoms with Gasteiger partial charge in [-0.15, -0.1) is 0 Å². The Kier molecular flexibility index (Phi) is 6.13. The van der Waals surface area contributed by atoms with Crippen LogP contribution < -0.4 is 4.74 Å². The summed E-state index contributed by atoms with van der Waals surface area (Å²) in [6.07, 6.45) is 3.43. The fourth-order valence-electron chi connectivity index (χ4n) is 4.72. The number of aryl methyl sites for hydroxylation is 1. The van der Waals surface area contributed by atoms with Gasteiger partial charge in [0, 0.05) is 5.41 Å². The van der Waals surface area contributed by atoms with Crippen molar-refractivity contribution in [2.45, 2.75) is 38.5 Å². The number of hydrogen-bond donors (Lipinski definition) is 0. The van der Waals surface area contributed by atoms with Gasteiger partial charge < -0.3 is 9.47 Å². The van der Waals surface area contributed by atoms with Crippen molar-refractivity contribution in [3.8, 4) is 5.75 Å². The van der Waals surface area contributed by atoms with Crippen LogP contribution in [0.15, 0.2) is 72.8 Å². The SMILES string of the molecule is COC(=O)c1ccc(C(=O)Oc2ccc(C3(c4ccc(C)cc4)CCC(C)C3)cc2)cc1. The van der Waals surface area contributed by atoms with Gasteiger partial charge in [0.05, 0.1) is 18.2 Å². The van der Waals surface area contributed by atoms with E-state index in [2.05, 4.69) is 55.0 Å². The molecule has 0 heterocycles. The van der Waals surface area contributed by atoms with E-state index in [1.807, 2.05) is 12.1 Å². The van der Waals surface area contributed by atoms with Crippen molar-refractivity contribution in [1.82, 2.24) is 0 Å². The number of hydrogen-bond acceptors (Lipinski definition) is 4. The molecule has 0 bridgehead atoms. The van der Waals surface area contributed by atoms with E-state index in [-0.39, 0.29) is 5.41 Å². The molecule has 0 N–H and O–H groups in total. The molecule has 1 saturated carbocycles. The number of benzene rings is 3. The Morgan fingerprint density at radius 2 is 1.34 bits per heavy atom. The lowest BCUT2D eigenvalue weighted by molar-refractivity contribution is 0.0599. The van der Waals surface area contributed by atoms with Crippen molar-refractivity contribution < 1.29 is 19.1 Å². The zero-order valence-electron chi connectivity index (χ0n) is 18.8. The van der Waals surface area contributed by atoms with Gasteiger partial charge in [0.25, 0.3) is 0 Å². The van der Waals surface area contributed by atoms with Crippen molar-refractivity contribution in [1.29, 1.82) is 0 Å². The van der Waals surface area contributed by atoms with E-state index in [4.69, 9.17) is 4.74 Å². The Labute approximate surface area is 189 Å². The van der Waals surface area contributed by atoms with E-state index >= 15 is 0 Å². The van der Waals surface area contributed by atoms with Crippen LogP contribution in [0.2, 0.25) is 0 Å². The number of rotatable bonds is 5. The molecule has 1 aliphatic rings. The van der Waals surface area contributed by atoms with Gasteiger partial charge in [-0.2, -0.15) is 0 Å². The molecule has 2 atom stereocenters. The molecule has 1 fully saturated rings. The van der Waals surface area contributed by atoms with Crippen LogP contribution in [0.25, 0.3) is 0 Å². The third kappa shape index (κ3) is 4.31. The van der Waals surface area contributed by atoms with E-state index in [9.17, 15) is 9.59 Å². The number of carbonyl (C=O) groups is 2. The second-order valence-corrected chi connectivity index (χ2v) is 8.78. The Balaban J connectivity index is 1.53. The Hall–Kier alpha value is -3.40. The largest absolute Gasteiger partial charge is 0.465 e. The molecule has 0 aliphatic heterocycles. The summed E-state index contributed by atoms with van der Waals surface area (Å²) in [5.41, 5.74) is 4.63. The predicted octanol–water partition coefficient (Wildman–Crippen LogP) is 6.11. The summed E-state index contributed by atoms with van der Waals surface area (Å²) in [4.78, 5) is 24.1. The highest BCUT2D eigenvalue weighted by Gasteiger charge is 2.40. The van der Waals surface area contributed by atoms with Crippen LogP contribution in [-0.4, -0.2) is 19.0 Å². The molecule has 4 nitrogen and oxygen atoms in total. The third-order valence-electron chi connectivity index (χ3n) is 6.52. The van der Waals surface area contributed by atoms with E-state index in [1.54, 1.807) is 24.3 Å². The van der Waals surface area contributed by atoms with E-state index in [1.165, 1.54) is 30.2 Å². The minimum atomic E-state index is -0.461. The van der Waals surface area contributed by atoms with Gasteiger partial charge in [-0.05, 0) is 79.6 Å². The van der Waals surface area contributed by atoms with Gasteiger partial charge in [-0.1, -0.05) is 48.9 Å². The standard InChI is InChI=1S/C28H28O4/c1-19-4-10-23(11-5-19)28(17-16-20(2)18-28)24-12-14-25(15-13-24)32-27(30)22-8-6-21(7-9-22)26(29)31-3/h4-15,20H,16-18H2,1-3H3. The molecule has 0 spiro atoms. The maximum Gasteiger partial charge on any atom is 0.343 e. The highest BCUT2D eigenvalue weighted by Crippen LogP contribution is 2.49. The lowest BCUT2D eigenvalue weighted by Crippen LogP contribution is -2.24. The van der Waals surface area contributed by atoms with Crippen LogP contribution in [0, 0.1) is 12.8 Å². The molecule has 0 radical (unpaired) electrons. The van der Waals surface area contributed by atoms with Gasteiger partial charge in [0.15, 0.2) is 0 Å². The molecule has 32 heavy (non-hydrogen) atoms. The van der Waals surface area contributed by atoms with Crippen LogP contribution in [0.5, 0.6) is 5.75 Å². The fraction of sp³-hybridized carbons (Fsp3) is 0.286. The summed E-state index contributed by atoms with van der Waals surface area (Å²) in [6, 6.07) is 23.0. The number of carbonyl (C=O) groups excluding carboxylic acids is 2. The average molecular weight is 429 g/mol. The normalized spacial score (nSPS) is 20.0. The van der Waals surface area contributed by atoms with Crippen molar-refractivity contribution in [2.24, 2.45) is 5.92 Å². The Bertz CT molecular complexity index is 1100. The molecule has 3 aromatic rings. The van der Waals surface area contributed by atoms with Crippen LogP contribution in [0.4, 0.5) is 0 Å². The maximum atomic E-state index is 12.5. The molecule has 0 saturated heterocycles. The molecule has 0 amide bonds. The molecule has 2 unspecified atom stereocenters. The number of methoxy groups -OCH3 is 1. The molecule has 1 aliphatic carbocycles. The zero-order valence-corrected chi connectivity index (χ0v) is 18.8. The summed E-state index contributed by atoms with van der Waals surface area (Å²) >= 11 is 0. The molecule has 4 rings (SSSR count). The lowest BCUT2D eigenvalue weighted by Gasteiger charge is -2.31. The highest BCUT2D eigenvalue weighted by molar-refractivity contribution is 5.94. The van der Waals surface area contributed by atoms with Crippen LogP contribution in [0.1, 0.15) is 63.6 Å². The smallest absolute Gasteiger partial charge is 0.343 e. The second-order valence-electron chi connectivity index (χ2n) is 8.78. The fourth-order valence-corrected chi connectivity index (χ4v) is 4.72. The highest BCUT2D eigenvalue weighted by atomic mass is 16.5. The number of esters is 2. The van der Waals surface area contributed by atoms with Gasteiger partial charge in [-0.25, -0.2) is 9.59 Å². The first-order valence-electron chi connectivity index (χ1n) is 11.0. The predicted molar refractivity (Wildman–Crippen MR) is 124 cm³/mol. The molecular formula is C28H28O4. The van der Waals surface area contributed by atoms with Crippen molar-refractivity contribution in [3.63, 3.8) is 0 Å². The monoisotopic (exact) mass is 428 g/mol. The van der Waals surface area contributed by atoms with Gasteiger partial charge in [0.1, 0.15) is 5.75 Å². The first kappa shape index (κ1) is 21.8. The van der Waals surface area contributed by atoms with Crippen LogP contribution in [0.3, 0.4) is 0 Å². The molecule has 164 valence electrons. The second kappa shape index (κ2) is 8.99. The zero-order chi connectivity index (χ0) is 22.7. The quantitative estimate of drug-likeness (QED) is 0.364. The van der Waals surface area contributed by atoms with E-state index in [0.717, 1.165) is 12.8 Å². The van der Waals surface area contributed by atoms with Crippen LogP contribution >= 0.6 is 0 Å². The topological polar surface area (TPSA) is 52.6 Å². The molecular weight excluding hydrogens is 400 g/mol. The first-order chi connectivity index (χ1) is 15.4. The first-order valence-corrected chi connectivity index (χ1v) is 11.0. The summed E-state index contributed by atoms with van der Waals surface area (Å²) in [7, 11) is 1.32. The van der Waals surface area contributed by atoms with Crippen LogP contribution in [-0.2, 0) is 10.2 Å². The maximum absolute atomic E-state index is 12.5. The van der Waals surface area contributed by atoms with Crippen molar-refractivity contribution >= 4 is 11.9 Å². The Morgan fingerprint density at radius 1 is 0.812 bits per heavy atom. The minimum Gasteiger partial charge on any atom is -0.465 e. The summed E-state index contributed by atoms with van der Waals surface area (Å²) in [6.45, 7) is 4.43. The van der Waals surface area contributed by atoms with Gasteiger partial charge in [-0.3, -0.25) is 0 Å². The summed E-state index contributed by atoms with van der Waals surface area (Å²) in [5.74, 6) is 0.267. The number of ether oxygens (including phenoxy) is 2. The lowest BCUT2D eigenvalue weighted by atomic mass is 9.72. The van der Waals surface area contributed by atoms with Gasteiger partial charge >= 0.3 is 11.9 Å².